The molecular weight excluding hydrogens is 182 g/mol. The van der Waals surface area contributed by atoms with Gasteiger partial charge in [0.15, 0.2) is 0 Å². The Labute approximate surface area is 93.1 Å². The average Bonchev–Trinajstić information content (AvgIpc) is 3.03. The fourth-order valence-corrected chi connectivity index (χ4v) is 1.96. The van der Waals surface area contributed by atoms with Crippen LogP contribution in [0.15, 0.2) is 18.2 Å². The van der Waals surface area contributed by atoms with E-state index in [-0.39, 0.29) is 0 Å². The van der Waals surface area contributed by atoms with E-state index in [9.17, 15) is 0 Å². The third kappa shape index (κ3) is 2.82. The van der Waals surface area contributed by atoms with Crippen molar-refractivity contribution in [1.29, 1.82) is 0 Å². The Balaban J connectivity index is 1.89. The highest BCUT2D eigenvalue weighted by Crippen LogP contribution is 2.25. The van der Waals surface area contributed by atoms with Crippen molar-refractivity contribution in [3.05, 3.63) is 34.9 Å². The monoisotopic (exact) mass is 203 g/mol. The summed E-state index contributed by atoms with van der Waals surface area (Å²) >= 11 is 0. The average molecular weight is 203 g/mol. The molecule has 0 aliphatic heterocycles. The maximum absolute atomic E-state index is 2.50. The second kappa shape index (κ2) is 4.36. The fraction of sp³-hybridized carbons (Fsp3) is 0.571. The Morgan fingerprint density at radius 1 is 1.20 bits per heavy atom. The van der Waals surface area contributed by atoms with Crippen molar-refractivity contribution in [2.24, 2.45) is 0 Å². The van der Waals surface area contributed by atoms with Crippen LogP contribution >= 0.6 is 0 Å². The van der Waals surface area contributed by atoms with Crippen LogP contribution in [-0.4, -0.2) is 24.5 Å². The zero-order chi connectivity index (χ0) is 10.8. The van der Waals surface area contributed by atoms with Gasteiger partial charge in [-0.15, -0.1) is 0 Å². The molecule has 0 spiro atoms. The Morgan fingerprint density at radius 3 is 2.53 bits per heavy atom. The molecule has 0 bridgehead atoms. The first-order valence-electron chi connectivity index (χ1n) is 5.93. The molecule has 15 heavy (non-hydrogen) atoms. The molecule has 1 aliphatic rings. The van der Waals surface area contributed by atoms with E-state index >= 15 is 0 Å². The first-order chi connectivity index (χ1) is 7.16. The molecule has 0 saturated heterocycles. The molecule has 1 fully saturated rings. The summed E-state index contributed by atoms with van der Waals surface area (Å²) in [5.74, 6) is 0. The van der Waals surface area contributed by atoms with Crippen molar-refractivity contribution in [3.63, 3.8) is 0 Å². The molecule has 0 atom stereocenters. The van der Waals surface area contributed by atoms with Crippen LogP contribution in [0.5, 0.6) is 0 Å². The van der Waals surface area contributed by atoms with E-state index in [2.05, 4.69) is 44.0 Å². The molecule has 2 rings (SSSR count). The van der Waals surface area contributed by atoms with Crippen molar-refractivity contribution < 1.29 is 0 Å². The molecule has 1 aromatic carbocycles. The van der Waals surface area contributed by atoms with Crippen molar-refractivity contribution in [2.75, 3.05) is 13.6 Å². The molecule has 1 nitrogen and oxygen atoms in total. The number of hydrogen-bond acceptors (Lipinski definition) is 1. The second-order valence-corrected chi connectivity index (χ2v) is 4.88. The molecule has 0 unspecified atom stereocenters. The van der Waals surface area contributed by atoms with E-state index < -0.39 is 0 Å². The fourth-order valence-electron chi connectivity index (χ4n) is 1.96. The van der Waals surface area contributed by atoms with Gasteiger partial charge in [0.25, 0.3) is 0 Å². The molecular formula is C14H21N. The minimum atomic E-state index is 0.886. The van der Waals surface area contributed by atoms with Crippen molar-refractivity contribution >= 4 is 0 Å². The quantitative estimate of drug-likeness (QED) is 0.727. The minimum absolute atomic E-state index is 0.886. The van der Waals surface area contributed by atoms with Crippen molar-refractivity contribution in [3.8, 4) is 0 Å². The highest BCUT2D eigenvalue weighted by Gasteiger charge is 2.25. The highest BCUT2D eigenvalue weighted by atomic mass is 15.1. The van der Waals surface area contributed by atoms with Gasteiger partial charge in [-0.1, -0.05) is 18.2 Å². The number of rotatable bonds is 4. The zero-order valence-corrected chi connectivity index (χ0v) is 10.1. The minimum Gasteiger partial charge on any atom is -0.303 e. The lowest BCUT2D eigenvalue weighted by Gasteiger charge is -2.15. The van der Waals surface area contributed by atoms with Crippen LogP contribution in [0, 0.1) is 13.8 Å². The van der Waals surface area contributed by atoms with Gasteiger partial charge in [-0.3, -0.25) is 0 Å². The van der Waals surface area contributed by atoms with E-state index in [1.165, 1.54) is 42.5 Å². The van der Waals surface area contributed by atoms with Gasteiger partial charge in [-0.2, -0.15) is 0 Å². The van der Waals surface area contributed by atoms with Gasteiger partial charge in [0.2, 0.25) is 0 Å². The van der Waals surface area contributed by atoms with Gasteiger partial charge in [-0.25, -0.2) is 0 Å². The van der Waals surface area contributed by atoms with E-state index in [0.29, 0.717) is 0 Å². The van der Waals surface area contributed by atoms with Crippen LogP contribution in [0.4, 0.5) is 0 Å². The Kier molecular flexibility index (Phi) is 3.11. The molecule has 1 saturated carbocycles. The summed E-state index contributed by atoms with van der Waals surface area (Å²) in [7, 11) is 2.25. The van der Waals surface area contributed by atoms with Crippen LogP contribution in [-0.2, 0) is 6.42 Å². The van der Waals surface area contributed by atoms with Gasteiger partial charge in [0.1, 0.15) is 0 Å². The van der Waals surface area contributed by atoms with Crippen LogP contribution < -0.4 is 0 Å². The molecule has 1 heteroatoms. The molecule has 1 aliphatic carbocycles. The number of hydrogen-bond donors (Lipinski definition) is 0. The zero-order valence-electron chi connectivity index (χ0n) is 10.1. The standard InChI is InChI=1S/C14H21N/c1-11-4-5-13(10-12(11)2)8-9-15(3)14-6-7-14/h4-5,10,14H,6-9H2,1-3H3. The normalized spacial score (nSPS) is 16.0. The number of likely N-dealkylation sites (N-methyl/N-ethyl adjacent to an activating group) is 1. The number of aryl methyl sites for hydroxylation is 2. The SMILES string of the molecule is Cc1ccc(CCN(C)C2CC2)cc1C. The number of benzene rings is 1. The van der Waals surface area contributed by atoms with Crippen LogP contribution in [0.3, 0.4) is 0 Å². The van der Waals surface area contributed by atoms with E-state index in [1.807, 2.05) is 0 Å². The lowest BCUT2D eigenvalue weighted by atomic mass is 10.0. The molecule has 0 aromatic heterocycles. The number of nitrogens with zero attached hydrogens (tertiary/aromatic N) is 1. The molecule has 82 valence electrons. The lowest BCUT2D eigenvalue weighted by molar-refractivity contribution is 0.328. The van der Waals surface area contributed by atoms with E-state index in [4.69, 9.17) is 0 Å². The predicted octanol–water partition coefficient (Wildman–Crippen LogP) is 2.94. The Morgan fingerprint density at radius 2 is 1.93 bits per heavy atom. The summed E-state index contributed by atoms with van der Waals surface area (Å²) in [6.45, 7) is 5.58. The van der Waals surface area contributed by atoms with Crippen LogP contribution in [0.25, 0.3) is 0 Å². The van der Waals surface area contributed by atoms with Gasteiger partial charge in [-0.05, 0) is 56.8 Å². The van der Waals surface area contributed by atoms with Gasteiger partial charge in [0.05, 0.1) is 0 Å². The summed E-state index contributed by atoms with van der Waals surface area (Å²) in [4.78, 5) is 2.50. The molecule has 0 heterocycles. The summed E-state index contributed by atoms with van der Waals surface area (Å²) in [6, 6.07) is 7.72. The lowest BCUT2D eigenvalue weighted by Crippen LogP contribution is -2.23. The summed E-state index contributed by atoms with van der Waals surface area (Å²) in [6.07, 6.45) is 4.00. The summed E-state index contributed by atoms with van der Waals surface area (Å²) in [5, 5.41) is 0. The third-order valence-corrected chi connectivity index (χ3v) is 3.49. The summed E-state index contributed by atoms with van der Waals surface area (Å²) < 4.78 is 0. The smallest absolute Gasteiger partial charge is 0.00935 e. The van der Waals surface area contributed by atoms with Crippen LogP contribution in [0.1, 0.15) is 29.5 Å². The molecule has 1 aromatic rings. The maximum Gasteiger partial charge on any atom is 0.00935 e. The van der Waals surface area contributed by atoms with Crippen molar-refractivity contribution in [2.45, 2.75) is 39.2 Å². The molecule has 0 amide bonds. The van der Waals surface area contributed by atoms with Gasteiger partial charge < -0.3 is 4.90 Å². The predicted molar refractivity (Wildman–Crippen MR) is 65.3 cm³/mol. The van der Waals surface area contributed by atoms with Gasteiger partial charge >= 0.3 is 0 Å². The largest absolute Gasteiger partial charge is 0.303 e. The summed E-state index contributed by atoms with van der Waals surface area (Å²) in [5.41, 5.74) is 4.29. The van der Waals surface area contributed by atoms with E-state index in [0.717, 1.165) is 6.04 Å². The van der Waals surface area contributed by atoms with E-state index in [1.54, 1.807) is 0 Å². The van der Waals surface area contributed by atoms with Crippen molar-refractivity contribution in [1.82, 2.24) is 4.90 Å². The first-order valence-corrected chi connectivity index (χ1v) is 5.93. The third-order valence-electron chi connectivity index (χ3n) is 3.49. The Hall–Kier alpha value is -0.820. The highest BCUT2D eigenvalue weighted by molar-refractivity contribution is 5.30. The van der Waals surface area contributed by atoms with Gasteiger partial charge in [0, 0.05) is 12.6 Å². The first kappa shape index (κ1) is 10.7. The van der Waals surface area contributed by atoms with Crippen LogP contribution in [0.2, 0.25) is 0 Å². The Bertz CT molecular complexity index is 339. The molecule has 0 N–H and O–H groups in total. The topological polar surface area (TPSA) is 3.24 Å². The molecule has 0 radical (unpaired) electrons. The second-order valence-electron chi connectivity index (χ2n) is 4.88. The maximum atomic E-state index is 2.50.